The number of carbonyl (C=O) groups excluding carboxylic acids is 1. The maximum absolute atomic E-state index is 11.5. The smallest absolute Gasteiger partial charge is 0.239 e. The Balaban J connectivity index is 2.41. The van der Waals surface area contributed by atoms with Gasteiger partial charge in [-0.1, -0.05) is 13.0 Å². The molecule has 0 aliphatic rings. The van der Waals surface area contributed by atoms with Crippen molar-refractivity contribution in [1.29, 1.82) is 0 Å². The van der Waals surface area contributed by atoms with Crippen molar-refractivity contribution >= 4 is 11.6 Å². The topological polar surface area (TPSA) is 50.4 Å². The Hall–Kier alpha value is -1.71. The van der Waals surface area contributed by atoms with Crippen LogP contribution >= 0.6 is 0 Å². The molecule has 17 heavy (non-hydrogen) atoms. The summed E-state index contributed by atoms with van der Waals surface area (Å²) in [7, 11) is 1.62. The van der Waals surface area contributed by atoms with Crippen molar-refractivity contribution in [3.05, 3.63) is 24.3 Å². The molecule has 1 aromatic carbocycles. The van der Waals surface area contributed by atoms with E-state index < -0.39 is 0 Å². The van der Waals surface area contributed by atoms with E-state index in [1.807, 2.05) is 38.1 Å². The van der Waals surface area contributed by atoms with Gasteiger partial charge in [-0.05, 0) is 25.5 Å². The zero-order valence-corrected chi connectivity index (χ0v) is 10.6. The summed E-state index contributed by atoms with van der Waals surface area (Å²) in [6.45, 7) is 4.31. The van der Waals surface area contributed by atoms with Gasteiger partial charge in [0.1, 0.15) is 5.75 Å². The highest BCUT2D eigenvalue weighted by Gasteiger charge is 2.04. The van der Waals surface area contributed by atoms with Gasteiger partial charge in [0, 0.05) is 17.8 Å². The van der Waals surface area contributed by atoms with Crippen molar-refractivity contribution in [1.82, 2.24) is 5.32 Å². The number of rotatable bonds is 6. The minimum absolute atomic E-state index is 0.00201. The van der Waals surface area contributed by atoms with Gasteiger partial charge in [0.2, 0.25) is 5.91 Å². The minimum atomic E-state index is 0.00201. The minimum Gasteiger partial charge on any atom is -0.497 e. The molecule has 2 N–H and O–H groups in total. The fourth-order valence-corrected chi connectivity index (χ4v) is 1.34. The highest BCUT2D eigenvalue weighted by atomic mass is 16.5. The van der Waals surface area contributed by atoms with Crippen LogP contribution in [0.5, 0.6) is 5.75 Å². The van der Waals surface area contributed by atoms with E-state index in [9.17, 15) is 4.79 Å². The van der Waals surface area contributed by atoms with E-state index >= 15 is 0 Å². The summed E-state index contributed by atoms with van der Waals surface area (Å²) >= 11 is 0. The number of amides is 1. The summed E-state index contributed by atoms with van der Waals surface area (Å²) in [5.41, 5.74) is 0.878. The van der Waals surface area contributed by atoms with Crippen LogP contribution in [-0.4, -0.2) is 25.6 Å². The molecule has 0 spiro atoms. The summed E-state index contributed by atoms with van der Waals surface area (Å²) in [6, 6.07) is 7.72. The van der Waals surface area contributed by atoms with E-state index in [0.717, 1.165) is 17.9 Å². The molecule has 1 aromatic rings. The lowest BCUT2D eigenvalue weighted by Gasteiger charge is -2.12. The van der Waals surface area contributed by atoms with Crippen molar-refractivity contribution in [3.63, 3.8) is 0 Å². The van der Waals surface area contributed by atoms with Crippen molar-refractivity contribution in [2.75, 3.05) is 19.0 Å². The Labute approximate surface area is 102 Å². The summed E-state index contributed by atoms with van der Waals surface area (Å²) in [4.78, 5) is 11.5. The first-order chi connectivity index (χ1) is 8.15. The van der Waals surface area contributed by atoms with Gasteiger partial charge in [0.15, 0.2) is 0 Å². The van der Waals surface area contributed by atoms with Gasteiger partial charge >= 0.3 is 0 Å². The lowest BCUT2D eigenvalue weighted by atomic mass is 10.2. The van der Waals surface area contributed by atoms with Crippen molar-refractivity contribution < 1.29 is 9.53 Å². The summed E-state index contributed by atoms with van der Waals surface area (Å²) in [5.74, 6) is 0.777. The van der Waals surface area contributed by atoms with Gasteiger partial charge in [-0.3, -0.25) is 4.79 Å². The van der Waals surface area contributed by atoms with Crippen LogP contribution in [-0.2, 0) is 4.79 Å². The molecule has 1 unspecified atom stereocenters. The molecular formula is C13H20N2O2. The molecular weight excluding hydrogens is 216 g/mol. The zero-order chi connectivity index (χ0) is 12.7. The standard InChI is InChI=1S/C13H20N2O2/c1-4-10(2)15-13(16)9-14-11-6-5-7-12(8-11)17-3/h5-8,10,14H,4,9H2,1-3H3,(H,15,16). The highest BCUT2D eigenvalue weighted by Crippen LogP contribution is 2.16. The van der Waals surface area contributed by atoms with Crippen molar-refractivity contribution in [2.24, 2.45) is 0 Å². The quantitative estimate of drug-likeness (QED) is 0.794. The first-order valence-corrected chi connectivity index (χ1v) is 5.83. The van der Waals surface area contributed by atoms with Crippen LogP contribution in [0.25, 0.3) is 0 Å². The number of nitrogens with one attached hydrogen (secondary N) is 2. The Kier molecular flexibility index (Phi) is 5.33. The molecule has 0 heterocycles. The number of hydrogen-bond acceptors (Lipinski definition) is 3. The number of anilines is 1. The van der Waals surface area contributed by atoms with Gasteiger partial charge in [-0.2, -0.15) is 0 Å². The number of hydrogen-bond donors (Lipinski definition) is 2. The van der Waals surface area contributed by atoms with Gasteiger partial charge < -0.3 is 15.4 Å². The second-order valence-corrected chi connectivity index (χ2v) is 3.96. The van der Waals surface area contributed by atoms with E-state index in [1.165, 1.54) is 0 Å². The first-order valence-electron chi connectivity index (χ1n) is 5.83. The molecule has 0 radical (unpaired) electrons. The Morgan fingerprint density at radius 1 is 1.47 bits per heavy atom. The van der Waals surface area contributed by atoms with Gasteiger partial charge in [0.05, 0.1) is 13.7 Å². The fourth-order valence-electron chi connectivity index (χ4n) is 1.34. The first kappa shape index (κ1) is 13.4. The molecule has 1 rings (SSSR count). The Morgan fingerprint density at radius 3 is 2.88 bits per heavy atom. The molecule has 4 heteroatoms. The van der Waals surface area contributed by atoms with Crippen LogP contribution in [0, 0.1) is 0 Å². The second kappa shape index (κ2) is 6.78. The van der Waals surface area contributed by atoms with Crippen LogP contribution in [0.1, 0.15) is 20.3 Å². The maximum Gasteiger partial charge on any atom is 0.239 e. The van der Waals surface area contributed by atoms with E-state index in [2.05, 4.69) is 10.6 Å². The van der Waals surface area contributed by atoms with Crippen LogP contribution in [0.2, 0.25) is 0 Å². The molecule has 4 nitrogen and oxygen atoms in total. The molecule has 0 aliphatic heterocycles. The zero-order valence-electron chi connectivity index (χ0n) is 10.6. The monoisotopic (exact) mass is 236 g/mol. The number of ether oxygens (including phenoxy) is 1. The third-order valence-corrected chi connectivity index (χ3v) is 2.54. The molecule has 0 fully saturated rings. The number of carbonyl (C=O) groups is 1. The van der Waals surface area contributed by atoms with E-state index in [4.69, 9.17) is 4.74 Å². The third-order valence-electron chi connectivity index (χ3n) is 2.54. The van der Waals surface area contributed by atoms with Crippen LogP contribution < -0.4 is 15.4 Å². The van der Waals surface area contributed by atoms with Gasteiger partial charge in [-0.25, -0.2) is 0 Å². The molecule has 0 aromatic heterocycles. The molecule has 1 atom stereocenters. The SMILES string of the molecule is CCC(C)NC(=O)CNc1cccc(OC)c1. The summed E-state index contributed by atoms with van der Waals surface area (Å²) in [6.07, 6.45) is 0.935. The average molecular weight is 236 g/mol. The lowest BCUT2D eigenvalue weighted by Crippen LogP contribution is -2.36. The lowest BCUT2D eigenvalue weighted by molar-refractivity contribution is -0.120. The third kappa shape index (κ3) is 4.76. The molecule has 0 saturated carbocycles. The van der Waals surface area contributed by atoms with Crippen molar-refractivity contribution in [3.8, 4) is 5.75 Å². The largest absolute Gasteiger partial charge is 0.497 e. The molecule has 94 valence electrons. The molecule has 0 aliphatic carbocycles. The fraction of sp³-hybridized carbons (Fsp3) is 0.462. The molecule has 1 amide bonds. The number of benzene rings is 1. The number of methoxy groups -OCH3 is 1. The predicted molar refractivity (Wildman–Crippen MR) is 69.4 cm³/mol. The molecule has 0 saturated heterocycles. The van der Waals surface area contributed by atoms with Crippen LogP contribution in [0.3, 0.4) is 0 Å². The highest BCUT2D eigenvalue weighted by molar-refractivity contribution is 5.80. The normalized spacial score (nSPS) is 11.7. The Bertz CT molecular complexity index is 366. The van der Waals surface area contributed by atoms with Crippen molar-refractivity contribution in [2.45, 2.75) is 26.3 Å². The predicted octanol–water partition coefficient (Wildman–Crippen LogP) is 2.02. The summed E-state index contributed by atoms with van der Waals surface area (Å²) in [5, 5.41) is 5.95. The van der Waals surface area contributed by atoms with E-state index in [0.29, 0.717) is 0 Å². The van der Waals surface area contributed by atoms with E-state index in [-0.39, 0.29) is 18.5 Å². The van der Waals surface area contributed by atoms with Crippen LogP contribution in [0.4, 0.5) is 5.69 Å². The van der Waals surface area contributed by atoms with Gasteiger partial charge in [0.25, 0.3) is 0 Å². The summed E-state index contributed by atoms with van der Waals surface area (Å²) < 4.78 is 5.10. The maximum atomic E-state index is 11.5. The molecule has 0 bridgehead atoms. The van der Waals surface area contributed by atoms with Crippen LogP contribution in [0.15, 0.2) is 24.3 Å². The van der Waals surface area contributed by atoms with E-state index in [1.54, 1.807) is 7.11 Å². The second-order valence-electron chi connectivity index (χ2n) is 3.96. The van der Waals surface area contributed by atoms with Gasteiger partial charge in [-0.15, -0.1) is 0 Å². The average Bonchev–Trinajstić information content (AvgIpc) is 2.36. The Morgan fingerprint density at radius 2 is 2.24 bits per heavy atom.